The smallest absolute Gasteiger partial charge is 0.260 e. The Labute approximate surface area is 153 Å². The second-order valence-corrected chi connectivity index (χ2v) is 6.76. The summed E-state index contributed by atoms with van der Waals surface area (Å²) in [4.78, 5) is 38.1. The number of carbonyl (C=O) groups excluding carboxylic acids is 3. The van der Waals surface area contributed by atoms with Crippen LogP contribution in [0.3, 0.4) is 0 Å². The molecule has 5 nitrogen and oxygen atoms in total. The van der Waals surface area contributed by atoms with Crippen LogP contribution < -0.4 is 5.32 Å². The fourth-order valence-corrected chi connectivity index (χ4v) is 3.04. The predicted molar refractivity (Wildman–Crippen MR) is 100.0 cm³/mol. The zero-order valence-corrected chi connectivity index (χ0v) is 15.0. The summed E-state index contributed by atoms with van der Waals surface area (Å²) in [6, 6.07) is 14.8. The summed E-state index contributed by atoms with van der Waals surface area (Å²) in [7, 11) is 0. The van der Waals surface area contributed by atoms with Crippen LogP contribution in [0.2, 0.25) is 0 Å². The van der Waals surface area contributed by atoms with Crippen molar-refractivity contribution in [3.05, 3.63) is 65.2 Å². The molecule has 0 aromatic heterocycles. The first kappa shape index (κ1) is 17.9. The van der Waals surface area contributed by atoms with Crippen molar-refractivity contribution in [2.24, 2.45) is 0 Å². The molecule has 0 saturated heterocycles. The molecular weight excluding hydrogens is 328 g/mol. The van der Waals surface area contributed by atoms with Gasteiger partial charge in [-0.15, -0.1) is 0 Å². The van der Waals surface area contributed by atoms with Gasteiger partial charge in [0.25, 0.3) is 5.91 Å². The van der Waals surface area contributed by atoms with Crippen molar-refractivity contribution in [3.8, 4) is 0 Å². The van der Waals surface area contributed by atoms with Crippen LogP contribution in [-0.2, 0) is 16.0 Å². The molecule has 0 aliphatic carbocycles. The molecule has 134 valence electrons. The first-order valence-electron chi connectivity index (χ1n) is 8.78. The van der Waals surface area contributed by atoms with Crippen LogP contribution in [0.25, 0.3) is 0 Å². The van der Waals surface area contributed by atoms with Crippen molar-refractivity contribution < 1.29 is 14.4 Å². The minimum atomic E-state index is -0.327. The zero-order valence-electron chi connectivity index (χ0n) is 15.0. The summed E-state index contributed by atoms with van der Waals surface area (Å²) in [5, 5.41) is 2.84. The highest BCUT2D eigenvalue weighted by Crippen LogP contribution is 2.21. The maximum atomic E-state index is 12.5. The number of rotatable bonds is 5. The summed E-state index contributed by atoms with van der Waals surface area (Å²) >= 11 is 0. The number of nitrogens with zero attached hydrogens (tertiary/aromatic N) is 1. The highest BCUT2D eigenvalue weighted by Gasteiger charge is 2.30. The highest BCUT2D eigenvalue weighted by atomic mass is 16.2. The van der Waals surface area contributed by atoms with Crippen molar-refractivity contribution in [2.45, 2.75) is 32.6 Å². The number of benzene rings is 2. The number of hydrogen-bond donors (Lipinski definition) is 1. The van der Waals surface area contributed by atoms with E-state index in [1.54, 1.807) is 18.2 Å². The standard InChI is InChI=1S/C21H22N2O3/c1-14(2)15-7-5-8-17(12-15)22-19(24)10-11-23-20(25)13-16-6-3-4-9-18(16)21(23)26/h3-9,12,14H,10-11,13H2,1-2H3,(H,22,24). The van der Waals surface area contributed by atoms with Crippen molar-refractivity contribution in [1.82, 2.24) is 4.90 Å². The quantitative estimate of drug-likeness (QED) is 0.841. The van der Waals surface area contributed by atoms with E-state index in [9.17, 15) is 14.4 Å². The Morgan fingerprint density at radius 2 is 1.88 bits per heavy atom. The van der Waals surface area contributed by atoms with Crippen molar-refractivity contribution in [2.75, 3.05) is 11.9 Å². The lowest BCUT2D eigenvalue weighted by atomic mass is 9.98. The maximum Gasteiger partial charge on any atom is 0.260 e. The first-order chi connectivity index (χ1) is 12.5. The Morgan fingerprint density at radius 1 is 1.12 bits per heavy atom. The fraction of sp³-hybridized carbons (Fsp3) is 0.286. The lowest BCUT2D eigenvalue weighted by Gasteiger charge is -2.26. The van der Waals surface area contributed by atoms with Gasteiger partial charge in [0.1, 0.15) is 0 Å². The topological polar surface area (TPSA) is 66.5 Å². The Kier molecular flexibility index (Phi) is 5.16. The van der Waals surface area contributed by atoms with Gasteiger partial charge >= 0.3 is 0 Å². The first-order valence-corrected chi connectivity index (χ1v) is 8.78. The van der Waals surface area contributed by atoms with Crippen molar-refractivity contribution >= 4 is 23.4 Å². The average Bonchev–Trinajstić information content (AvgIpc) is 2.61. The molecule has 3 amide bonds. The second kappa shape index (κ2) is 7.52. The lowest BCUT2D eigenvalue weighted by molar-refractivity contribution is -0.128. The molecule has 1 N–H and O–H groups in total. The normalized spacial score (nSPS) is 13.7. The summed E-state index contributed by atoms with van der Waals surface area (Å²) in [5.41, 5.74) is 3.15. The Bertz CT molecular complexity index is 858. The third-order valence-corrected chi connectivity index (χ3v) is 4.54. The van der Waals surface area contributed by atoms with Gasteiger partial charge < -0.3 is 5.32 Å². The molecule has 2 aromatic carbocycles. The van der Waals surface area contributed by atoms with Gasteiger partial charge in [0.05, 0.1) is 6.42 Å². The Hall–Kier alpha value is -2.95. The van der Waals surface area contributed by atoms with Gasteiger partial charge in [0.2, 0.25) is 11.8 Å². The third kappa shape index (κ3) is 3.82. The lowest BCUT2D eigenvalue weighted by Crippen LogP contribution is -2.43. The molecular formula is C21H22N2O3. The molecule has 0 atom stereocenters. The van der Waals surface area contributed by atoms with E-state index in [0.717, 1.165) is 16.8 Å². The van der Waals surface area contributed by atoms with Crippen LogP contribution >= 0.6 is 0 Å². The van der Waals surface area contributed by atoms with E-state index < -0.39 is 0 Å². The van der Waals surface area contributed by atoms with E-state index in [1.165, 1.54) is 4.90 Å². The van der Waals surface area contributed by atoms with Crippen LogP contribution in [0.5, 0.6) is 0 Å². The van der Waals surface area contributed by atoms with Crippen LogP contribution in [0.4, 0.5) is 5.69 Å². The molecule has 1 aliphatic heterocycles. The molecule has 3 rings (SSSR count). The van der Waals surface area contributed by atoms with E-state index in [-0.39, 0.29) is 37.1 Å². The van der Waals surface area contributed by atoms with Gasteiger partial charge in [-0.2, -0.15) is 0 Å². The van der Waals surface area contributed by atoms with Crippen LogP contribution in [-0.4, -0.2) is 29.2 Å². The maximum absolute atomic E-state index is 12.5. The minimum absolute atomic E-state index is 0.0750. The molecule has 0 unspecified atom stereocenters. The van der Waals surface area contributed by atoms with Crippen molar-refractivity contribution in [1.29, 1.82) is 0 Å². The van der Waals surface area contributed by atoms with Gasteiger partial charge in [0, 0.05) is 24.2 Å². The Morgan fingerprint density at radius 3 is 2.65 bits per heavy atom. The zero-order chi connectivity index (χ0) is 18.7. The number of carbonyl (C=O) groups is 3. The van der Waals surface area contributed by atoms with Crippen molar-refractivity contribution in [3.63, 3.8) is 0 Å². The molecule has 1 aliphatic rings. The number of hydrogen-bond acceptors (Lipinski definition) is 3. The summed E-state index contributed by atoms with van der Waals surface area (Å²) in [6.07, 6.45) is 0.269. The molecule has 0 saturated carbocycles. The fourth-order valence-electron chi connectivity index (χ4n) is 3.04. The van der Waals surface area contributed by atoms with Crippen LogP contribution in [0.15, 0.2) is 48.5 Å². The van der Waals surface area contributed by atoms with E-state index in [1.807, 2.05) is 30.3 Å². The molecule has 2 aromatic rings. The number of nitrogens with one attached hydrogen (secondary N) is 1. The van der Waals surface area contributed by atoms with Gasteiger partial charge in [-0.3, -0.25) is 19.3 Å². The van der Waals surface area contributed by atoms with Gasteiger partial charge in [-0.05, 0) is 35.2 Å². The van der Waals surface area contributed by atoms with Gasteiger partial charge in [-0.25, -0.2) is 0 Å². The molecule has 26 heavy (non-hydrogen) atoms. The van der Waals surface area contributed by atoms with E-state index in [4.69, 9.17) is 0 Å². The minimum Gasteiger partial charge on any atom is -0.326 e. The summed E-state index contributed by atoms with van der Waals surface area (Å²) in [6.45, 7) is 4.26. The molecule has 0 bridgehead atoms. The monoisotopic (exact) mass is 350 g/mol. The molecule has 0 radical (unpaired) electrons. The number of imide groups is 1. The largest absolute Gasteiger partial charge is 0.326 e. The number of fused-ring (bicyclic) bond motifs is 1. The second-order valence-electron chi connectivity index (χ2n) is 6.76. The number of amides is 3. The van der Waals surface area contributed by atoms with E-state index in [0.29, 0.717) is 11.5 Å². The van der Waals surface area contributed by atoms with Crippen LogP contribution in [0, 0.1) is 0 Å². The van der Waals surface area contributed by atoms with E-state index >= 15 is 0 Å². The van der Waals surface area contributed by atoms with Gasteiger partial charge in [0.15, 0.2) is 0 Å². The summed E-state index contributed by atoms with van der Waals surface area (Å²) < 4.78 is 0. The molecule has 0 spiro atoms. The average molecular weight is 350 g/mol. The third-order valence-electron chi connectivity index (χ3n) is 4.54. The van der Waals surface area contributed by atoms with Crippen LogP contribution in [0.1, 0.15) is 47.7 Å². The van der Waals surface area contributed by atoms with E-state index in [2.05, 4.69) is 19.2 Å². The van der Waals surface area contributed by atoms with Gasteiger partial charge in [-0.1, -0.05) is 44.2 Å². The molecule has 5 heteroatoms. The SMILES string of the molecule is CC(C)c1cccc(NC(=O)CCN2C(=O)Cc3ccccc3C2=O)c1. The summed E-state index contributed by atoms with van der Waals surface area (Å²) in [5.74, 6) is -0.435. The highest BCUT2D eigenvalue weighted by molar-refractivity contribution is 6.10. The molecule has 1 heterocycles. The Balaban J connectivity index is 1.62. The number of anilines is 1. The molecule has 0 fully saturated rings. The predicted octanol–water partition coefficient (Wildman–Crippen LogP) is 3.36.